The first-order valence-electron chi connectivity index (χ1n) is 14.7. The molecule has 11 nitrogen and oxygen atoms in total. The minimum absolute atomic E-state index is 0.108. The second-order valence-electron chi connectivity index (χ2n) is 9.85. The molecular weight excluding hydrogens is 550 g/mol. The maximum absolute atomic E-state index is 13.2. The first kappa shape index (κ1) is 33.3. The van der Waals surface area contributed by atoms with Crippen LogP contribution in [0.3, 0.4) is 0 Å². The average molecular weight is 594 g/mol. The van der Waals surface area contributed by atoms with Gasteiger partial charge in [0.2, 0.25) is 0 Å². The fourth-order valence-electron chi connectivity index (χ4n) is 4.63. The fraction of sp³-hybridized carbons (Fsp3) is 0.438. The lowest BCUT2D eigenvalue weighted by Gasteiger charge is -2.14. The maximum Gasteiger partial charge on any atom is 0.333 e. The Morgan fingerprint density at radius 2 is 1.79 bits per heavy atom. The Morgan fingerprint density at radius 3 is 2.40 bits per heavy atom. The van der Waals surface area contributed by atoms with E-state index >= 15 is 0 Å². The Labute approximate surface area is 252 Å². The van der Waals surface area contributed by atoms with Crippen molar-refractivity contribution in [2.75, 3.05) is 31.7 Å². The van der Waals surface area contributed by atoms with E-state index in [-0.39, 0.29) is 18.6 Å². The number of fused-ring (bicyclic) bond motifs is 1. The second kappa shape index (κ2) is 17.0. The molecule has 43 heavy (non-hydrogen) atoms. The summed E-state index contributed by atoms with van der Waals surface area (Å²) in [5, 5.41) is 25.2. The number of rotatable bonds is 15. The molecule has 2 heterocycles. The molecule has 0 amide bonds. The number of aliphatic carboxylic acids is 1. The zero-order chi connectivity index (χ0) is 31.2. The summed E-state index contributed by atoms with van der Waals surface area (Å²) in [7, 11) is 1.78. The quantitative estimate of drug-likeness (QED) is 0.187. The van der Waals surface area contributed by atoms with Crippen molar-refractivity contribution >= 4 is 22.7 Å². The van der Waals surface area contributed by atoms with E-state index in [0.717, 1.165) is 29.8 Å². The highest BCUT2D eigenvalue weighted by molar-refractivity contribution is 5.76. The summed E-state index contributed by atoms with van der Waals surface area (Å²) < 4.78 is 14.4. The average Bonchev–Trinajstić information content (AvgIpc) is 3.33. The summed E-state index contributed by atoms with van der Waals surface area (Å²) in [6.07, 6.45) is 1.77. The number of para-hydroxylation sites is 1. The van der Waals surface area contributed by atoms with Crippen LogP contribution in [0, 0.1) is 0 Å². The molecule has 1 atom stereocenters. The van der Waals surface area contributed by atoms with Crippen LogP contribution in [0.1, 0.15) is 44.3 Å². The van der Waals surface area contributed by atoms with Crippen molar-refractivity contribution in [3.8, 4) is 5.75 Å². The third-order valence-corrected chi connectivity index (χ3v) is 6.68. The Hall–Kier alpha value is -4.22. The van der Waals surface area contributed by atoms with Gasteiger partial charge in [-0.25, -0.2) is 9.78 Å². The van der Waals surface area contributed by atoms with E-state index in [4.69, 9.17) is 19.6 Å². The number of ether oxygens (including phenoxy) is 2. The van der Waals surface area contributed by atoms with Crippen molar-refractivity contribution in [2.45, 2.75) is 59.1 Å². The summed E-state index contributed by atoms with van der Waals surface area (Å²) in [5.41, 5.74) is 3.87. The number of aromatic nitrogens is 4. The van der Waals surface area contributed by atoms with Crippen molar-refractivity contribution in [3.63, 3.8) is 0 Å². The Bertz CT molecular complexity index is 1480. The number of nitrogens with one attached hydrogen (secondary N) is 1. The van der Waals surface area contributed by atoms with Gasteiger partial charge in [0.25, 0.3) is 5.56 Å². The zero-order valence-corrected chi connectivity index (χ0v) is 25.5. The van der Waals surface area contributed by atoms with E-state index in [9.17, 15) is 14.7 Å². The van der Waals surface area contributed by atoms with Crippen LogP contribution in [0.4, 0.5) is 5.69 Å². The van der Waals surface area contributed by atoms with Gasteiger partial charge in [0.1, 0.15) is 23.7 Å². The molecule has 0 spiro atoms. The summed E-state index contributed by atoms with van der Waals surface area (Å²) in [5.74, 6) is 0.385. The lowest BCUT2D eigenvalue weighted by atomic mass is 10.1. The van der Waals surface area contributed by atoms with Gasteiger partial charge in [-0.1, -0.05) is 50.6 Å². The minimum atomic E-state index is -0.977. The molecule has 0 aliphatic carbocycles. The maximum atomic E-state index is 13.2. The minimum Gasteiger partial charge on any atom is -0.492 e. The van der Waals surface area contributed by atoms with Crippen molar-refractivity contribution < 1.29 is 24.5 Å². The van der Waals surface area contributed by atoms with Gasteiger partial charge in [-0.2, -0.15) is 5.10 Å². The second-order valence-corrected chi connectivity index (χ2v) is 9.85. The normalized spacial score (nSPS) is 11.6. The van der Waals surface area contributed by atoms with Crippen LogP contribution in [0.2, 0.25) is 0 Å². The number of hydrogen-bond donors (Lipinski definition) is 3. The Kier molecular flexibility index (Phi) is 13.2. The number of aryl methyl sites for hydroxylation is 3. The van der Waals surface area contributed by atoms with Gasteiger partial charge in [0, 0.05) is 38.7 Å². The number of hydrogen-bond acceptors (Lipinski definition) is 8. The van der Waals surface area contributed by atoms with E-state index in [1.54, 1.807) is 35.4 Å². The van der Waals surface area contributed by atoms with E-state index in [2.05, 4.69) is 17.3 Å². The predicted molar refractivity (Wildman–Crippen MR) is 167 cm³/mol. The van der Waals surface area contributed by atoms with E-state index in [1.807, 2.05) is 49.4 Å². The standard InChI is InChI=1S/C24H32N4O5.C8H11NO/c1-5-8-18-21-22(27(4)26-18)23(29)28(20(6-2)25-21)13-14-33-17-11-9-16(10-12-17)15-19(24(30)31)32-7-3;10-7-6-9-8-4-2-1-3-5-8/h9-12,19H,5-8,13-15H2,1-4H3,(H,30,31);1-5,9-10H,6-7H2/t19-;/m0./s1. The number of anilines is 1. The number of carboxylic acid groups (broad SMARTS) is 1. The van der Waals surface area contributed by atoms with Crippen molar-refractivity contribution in [3.05, 3.63) is 82.0 Å². The van der Waals surface area contributed by atoms with Crippen LogP contribution < -0.4 is 15.6 Å². The molecule has 0 unspecified atom stereocenters. The summed E-state index contributed by atoms with van der Waals surface area (Å²) in [6, 6.07) is 17.1. The van der Waals surface area contributed by atoms with Crippen molar-refractivity contribution in [2.24, 2.45) is 7.05 Å². The number of aliphatic hydroxyl groups excluding tert-OH is 1. The molecule has 4 aromatic rings. The highest BCUT2D eigenvalue weighted by atomic mass is 16.5. The molecule has 0 radical (unpaired) electrons. The summed E-state index contributed by atoms with van der Waals surface area (Å²) in [4.78, 5) is 29.2. The van der Waals surface area contributed by atoms with Gasteiger partial charge in [0.15, 0.2) is 11.6 Å². The highest BCUT2D eigenvalue weighted by Gasteiger charge is 2.19. The SMILES string of the molecule is CCCc1nn(C)c2c(=O)n(CCOc3ccc(C[C@H](OCC)C(=O)O)cc3)c(CC)nc12.OCCNc1ccccc1. The monoisotopic (exact) mass is 593 g/mol. The zero-order valence-electron chi connectivity index (χ0n) is 25.5. The van der Waals surface area contributed by atoms with Crippen LogP contribution in [-0.4, -0.2) is 68.0 Å². The topological polar surface area (TPSA) is 141 Å². The number of aliphatic hydroxyl groups is 1. The molecule has 3 N–H and O–H groups in total. The molecule has 0 aliphatic rings. The highest BCUT2D eigenvalue weighted by Crippen LogP contribution is 2.17. The van der Waals surface area contributed by atoms with E-state index in [1.165, 1.54) is 0 Å². The first-order chi connectivity index (χ1) is 20.8. The van der Waals surface area contributed by atoms with Crippen LogP contribution >= 0.6 is 0 Å². The lowest BCUT2D eigenvalue weighted by molar-refractivity contribution is -0.149. The number of carbonyl (C=O) groups is 1. The lowest BCUT2D eigenvalue weighted by Crippen LogP contribution is -2.28. The molecule has 0 fully saturated rings. The molecule has 4 rings (SSSR count). The molecule has 232 valence electrons. The number of carboxylic acids is 1. The summed E-state index contributed by atoms with van der Waals surface area (Å²) in [6.45, 7) is 7.63. The third kappa shape index (κ3) is 9.39. The number of benzene rings is 2. The van der Waals surface area contributed by atoms with Crippen LogP contribution in [0.5, 0.6) is 5.75 Å². The summed E-state index contributed by atoms with van der Waals surface area (Å²) >= 11 is 0. The largest absolute Gasteiger partial charge is 0.492 e. The van der Waals surface area contributed by atoms with Gasteiger partial charge < -0.3 is 25.0 Å². The van der Waals surface area contributed by atoms with Gasteiger partial charge in [-0.15, -0.1) is 0 Å². The third-order valence-electron chi connectivity index (χ3n) is 6.68. The smallest absolute Gasteiger partial charge is 0.333 e. The Morgan fingerprint density at radius 1 is 1.07 bits per heavy atom. The molecule has 0 saturated heterocycles. The van der Waals surface area contributed by atoms with E-state index < -0.39 is 12.1 Å². The van der Waals surface area contributed by atoms with Gasteiger partial charge in [-0.05, 0) is 43.2 Å². The molecule has 2 aromatic carbocycles. The van der Waals surface area contributed by atoms with Gasteiger partial charge >= 0.3 is 5.97 Å². The molecule has 11 heteroatoms. The van der Waals surface area contributed by atoms with Crippen LogP contribution in [0.25, 0.3) is 11.0 Å². The predicted octanol–water partition coefficient (Wildman–Crippen LogP) is 3.85. The van der Waals surface area contributed by atoms with Crippen molar-refractivity contribution in [1.82, 2.24) is 19.3 Å². The fourth-order valence-corrected chi connectivity index (χ4v) is 4.63. The number of nitrogens with zero attached hydrogens (tertiary/aromatic N) is 4. The van der Waals surface area contributed by atoms with E-state index in [0.29, 0.717) is 55.3 Å². The van der Waals surface area contributed by atoms with Crippen molar-refractivity contribution in [1.29, 1.82) is 0 Å². The van der Waals surface area contributed by atoms with Crippen LogP contribution in [0.15, 0.2) is 59.4 Å². The molecule has 2 aromatic heterocycles. The molecule has 0 saturated carbocycles. The first-order valence-corrected chi connectivity index (χ1v) is 14.7. The van der Waals surface area contributed by atoms with Crippen LogP contribution in [-0.2, 0) is 42.4 Å². The van der Waals surface area contributed by atoms with Gasteiger partial charge in [-0.3, -0.25) is 14.0 Å². The molecule has 0 bridgehead atoms. The molecular formula is C32H43N5O6. The molecule has 0 aliphatic heterocycles. The van der Waals surface area contributed by atoms with Gasteiger partial charge in [0.05, 0.1) is 18.8 Å². The Balaban J connectivity index is 0.000000428.